The molecule has 0 aliphatic carbocycles. The molecule has 0 aromatic heterocycles. The molecular formula is C15H14F3NO. The van der Waals surface area contributed by atoms with Crippen molar-refractivity contribution in [3.05, 3.63) is 59.4 Å². The molecule has 0 aliphatic heterocycles. The fourth-order valence-electron chi connectivity index (χ4n) is 1.75. The van der Waals surface area contributed by atoms with Crippen LogP contribution in [0, 0.1) is 12.7 Å². The summed E-state index contributed by atoms with van der Waals surface area (Å²) in [6.07, 6.45) is 0. The number of hydrogen-bond acceptors (Lipinski definition) is 2. The molecule has 2 nitrogen and oxygen atoms in total. The van der Waals surface area contributed by atoms with Gasteiger partial charge in [-0.3, -0.25) is 0 Å². The minimum Gasteiger partial charge on any atom is -0.435 e. The minimum atomic E-state index is -2.83. The summed E-state index contributed by atoms with van der Waals surface area (Å²) in [5.74, 6) is -0.215. The van der Waals surface area contributed by atoms with Crippen LogP contribution in [-0.2, 0) is 6.54 Å². The fourth-order valence-corrected chi connectivity index (χ4v) is 1.75. The molecule has 2 aromatic carbocycles. The van der Waals surface area contributed by atoms with Gasteiger partial charge in [-0.25, -0.2) is 4.39 Å². The molecule has 0 saturated carbocycles. The Balaban J connectivity index is 1.96. The maximum Gasteiger partial charge on any atom is 0.387 e. The summed E-state index contributed by atoms with van der Waals surface area (Å²) in [6, 6.07) is 11.1. The summed E-state index contributed by atoms with van der Waals surface area (Å²) in [5, 5.41) is 2.95. The largest absolute Gasteiger partial charge is 0.435 e. The number of hydrogen-bond donors (Lipinski definition) is 1. The molecule has 0 bridgehead atoms. The summed E-state index contributed by atoms with van der Waals surface area (Å²) < 4.78 is 41.8. The van der Waals surface area contributed by atoms with Crippen molar-refractivity contribution in [3.63, 3.8) is 0 Å². The zero-order valence-corrected chi connectivity index (χ0v) is 10.9. The van der Waals surface area contributed by atoms with Gasteiger partial charge in [-0.2, -0.15) is 8.78 Å². The van der Waals surface area contributed by atoms with Gasteiger partial charge in [0.1, 0.15) is 11.6 Å². The van der Waals surface area contributed by atoms with Crippen molar-refractivity contribution in [3.8, 4) is 5.75 Å². The first kappa shape index (κ1) is 14.2. The molecule has 5 heteroatoms. The summed E-state index contributed by atoms with van der Waals surface area (Å²) >= 11 is 0. The number of rotatable bonds is 5. The van der Waals surface area contributed by atoms with Crippen molar-refractivity contribution < 1.29 is 17.9 Å². The molecule has 0 spiro atoms. The Labute approximate surface area is 115 Å². The molecule has 0 fully saturated rings. The van der Waals surface area contributed by atoms with Gasteiger partial charge in [0.05, 0.1) is 5.69 Å². The smallest absolute Gasteiger partial charge is 0.387 e. The van der Waals surface area contributed by atoms with E-state index in [0.29, 0.717) is 12.2 Å². The second-order valence-electron chi connectivity index (χ2n) is 4.36. The second-order valence-corrected chi connectivity index (χ2v) is 4.36. The van der Waals surface area contributed by atoms with Gasteiger partial charge in [0.25, 0.3) is 0 Å². The molecular weight excluding hydrogens is 267 g/mol. The van der Waals surface area contributed by atoms with E-state index in [1.54, 1.807) is 18.2 Å². The van der Waals surface area contributed by atoms with Gasteiger partial charge in [0.2, 0.25) is 0 Å². The van der Waals surface area contributed by atoms with Crippen LogP contribution in [0.15, 0.2) is 42.5 Å². The molecule has 0 saturated heterocycles. The van der Waals surface area contributed by atoms with Gasteiger partial charge in [0, 0.05) is 6.54 Å². The number of alkyl halides is 2. The van der Waals surface area contributed by atoms with E-state index in [0.717, 1.165) is 11.1 Å². The Hall–Kier alpha value is -2.17. The van der Waals surface area contributed by atoms with Gasteiger partial charge < -0.3 is 10.1 Å². The maximum atomic E-state index is 13.6. The lowest BCUT2D eigenvalue weighted by atomic mass is 10.2. The van der Waals surface area contributed by atoms with E-state index in [1.165, 1.54) is 18.2 Å². The van der Waals surface area contributed by atoms with Crippen LogP contribution < -0.4 is 10.1 Å². The van der Waals surface area contributed by atoms with Crippen molar-refractivity contribution >= 4 is 5.69 Å². The standard InChI is InChI=1S/C15H14F3NO/c1-10-2-7-14(13(16)8-10)19-9-11-3-5-12(6-4-11)20-15(17)18/h2-8,15,19H,9H2,1H3. The molecule has 0 radical (unpaired) electrons. The van der Waals surface area contributed by atoms with E-state index in [2.05, 4.69) is 10.1 Å². The molecule has 20 heavy (non-hydrogen) atoms. The Morgan fingerprint density at radius 1 is 1.10 bits per heavy atom. The molecule has 2 aromatic rings. The Bertz CT molecular complexity index is 570. The maximum absolute atomic E-state index is 13.6. The number of aryl methyl sites for hydroxylation is 1. The number of halogens is 3. The van der Waals surface area contributed by atoms with E-state index in [1.807, 2.05) is 13.0 Å². The molecule has 0 aliphatic rings. The van der Waals surface area contributed by atoms with Crippen LogP contribution in [0.3, 0.4) is 0 Å². The Kier molecular flexibility index (Phi) is 4.50. The molecule has 1 N–H and O–H groups in total. The van der Waals surface area contributed by atoms with Gasteiger partial charge >= 0.3 is 6.61 Å². The van der Waals surface area contributed by atoms with Crippen molar-refractivity contribution in [1.29, 1.82) is 0 Å². The highest BCUT2D eigenvalue weighted by atomic mass is 19.3. The second kappa shape index (κ2) is 6.32. The van der Waals surface area contributed by atoms with Gasteiger partial charge in [-0.05, 0) is 42.3 Å². The van der Waals surface area contributed by atoms with Crippen LogP contribution in [0.4, 0.5) is 18.9 Å². The van der Waals surface area contributed by atoms with Gasteiger partial charge in [0.15, 0.2) is 0 Å². The summed E-state index contributed by atoms with van der Waals surface area (Å²) in [4.78, 5) is 0. The summed E-state index contributed by atoms with van der Waals surface area (Å²) in [7, 11) is 0. The van der Waals surface area contributed by atoms with Crippen LogP contribution in [0.2, 0.25) is 0 Å². The Morgan fingerprint density at radius 2 is 1.80 bits per heavy atom. The molecule has 2 rings (SSSR count). The Morgan fingerprint density at radius 3 is 2.40 bits per heavy atom. The molecule has 0 unspecified atom stereocenters. The van der Waals surface area contributed by atoms with Gasteiger partial charge in [-0.1, -0.05) is 18.2 Å². The zero-order chi connectivity index (χ0) is 14.5. The third-order valence-electron chi connectivity index (χ3n) is 2.76. The monoisotopic (exact) mass is 281 g/mol. The van der Waals surface area contributed by atoms with Crippen LogP contribution in [0.25, 0.3) is 0 Å². The third kappa shape index (κ3) is 3.91. The van der Waals surface area contributed by atoms with E-state index >= 15 is 0 Å². The van der Waals surface area contributed by atoms with E-state index < -0.39 is 6.61 Å². The van der Waals surface area contributed by atoms with E-state index in [-0.39, 0.29) is 11.6 Å². The fraction of sp³-hybridized carbons (Fsp3) is 0.200. The van der Waals surface area contributed by atoms with Crippen LogP contribution in [0.1, 0.15) is 11.1 Å². The molecule has 0 amide bonds. The van der Waals surface area contributed by atoms with Crippen molar-refractivity contribution in [2.45, 2.75) is 20.1 Å². The van der Waals surface area contributed by atoms with Crippen LogP contribution in [0.5, 0.6) is 5.75 Å². The number of nitrogens with one attached hydrogen (secondary N) is 1. The number of benzene rings is 2. The van der Waals surface area contributed by atoms with Crippen molar-refractivity contribution in [2.24, 2.45) is 0 Å². The first-order valence-corrected chi connectivity index (χ1v) is 6.08. The summed E-state index contributed by atoms with van der Waals surface area (Å²) in [6.45, 7) is -0.621. The number of ether oxygens (including phenoxy) is 1. The predicted molar refractivity (Wildman–Crippen MR) is 71.5 cm³/mol. The average molecular weight is 281 g/mol. The highest BCUT2D eigenvalue weighted by Crippen LogP contribution is 2.18. The lowest BCUT2D eigenvalue weighted by Crippen LogP contribution is -2.03. The molecule has 0 atom stereocenters. The SMILES string of the molecule is Cc1ccc(NCc2ccc(OC(F)F)cc2)c(F)c1. The lowest BCUT2D eigenvalue weighted by Gasteiger charge is -2.09. The first-order valence-electron chi connectivity index (χ1n) is 6.08. The van der Waals surface area contributed by atoms with Gasteiger partial charge in [-0.15, -0.1) is 0 Å². The average Bonchev–Trinajstić information content (AvgIpc) is 2.39. The number of anilines is 1. The lowest BCUT2D eigenvalue weighted by molar-refractivity contribution is -0.0498. The van der Waals surface area contributed by atoms with Crippen molar-refractivity contribution in [1.82, 2.24) is 0 Å². The van der Waals surface area contributed by atoms with Crippen molar-refractivity contribution in [2.75, 3.05) is 5.32 Å². The van der Waals surface area contributed by atoms with Crippen LogP contribution in [-0.4, -0.2) is 6.61 Å². The normalized spacial score (nSPS) is 10.7. The summed E-state index contributed by atoms with van der Waals surface area (Å²) in [5.41, 5.74) is 2.09. The third-order valence-corrected chi connectivity index (χ3v) is 2.76. The zero-order valence-electron chi connectivity index (χ0n) is 10.9. The van der Waals surface area contributed by atoms with E-state index in [4.69, 9.17) is 0 Å². The minimum absolute atomic E-state index is 0.102. The van der Waals surface area contributed by atoms with Crippen LogP contribution >= 0.6 is 0 Å². The highest BCUT2D eigenvalue weighted by molar-refractivity contribution is 5.46. The van der Waals surface area contributed by atoms with E-state index in [9.17, 15) is 13.2 Å². The quantitative estimate of drug-likeness (QED) is 0.879. The first-order chi connectivity index (χ1) is 9.54. The molecule has 106 valence electrons. The molecule has 0 heterocycles. The highest BCUT2D eigenvalue weighted by Gasteiger charge is 2.04. The topological polar surface area (TPSA) is 21.3 Å². The predicted octanol–water partition coefficient (Wildman–Crippen LogP) is 4.35.